The number of hydrogen-bond donors (Lipinski definition) is 2. The molecule has 0 saturated carbocycles. The van der Waals surface area contributed by atoms with Gasteiger partial charge < -0.3 is 0 Å². The van der Waals surface area contributed by atoms with Crippen LogP contribution in [0.3, 0.4) is 0 Å². The first-order valence-electron chi connectivity index (χ1n) is 12.3. The van der Waals surface area contributed by atoms with Crippen LogP contribution in [0.2, 0.25) is 22.3 Å². The molecular formula is C28H30N2O8Se2. The van der Waals surface area contributed by atoms with Crippen LogP contribution in [-0.2, 0) is 19.1 Å². The van der Waals surface area contributed by atoms with Crippen molar-refractivity contribution in [3.05, 3.63) is 69.8 Å². The first-order valence-corrected chi connectivity index (χ1v) is 18.2. The molecule has 10 nitrogen and oxygen atoms in total. The Hall–Kier alpha value is -3.30. The zero-order chi connectivity index (χ0) is 29.4. The van der Waals surface area contributed by atoms with Crippen molar-refractivity contribution in [3.63, 3.8) is 0 Å². The maximum absolute atomic E-state index is 13.9. The van der Waals surface area contributed by atoms with E-state index in [1.54, 1.807) is 0 Å². The van der Waals surface area contributed by atoms with E-state index >= 15 is 0 Å². The molecule has 0 aromatic heterocycles. The summed E-state index contributed by atoms with van der Waals surface area (Å²) in [4.78, 5) is 78.6. The number of carbonyl (C=O) groups is 6. The van der Waals surface area contributed by atoms with Crippen LogP contribution in [0, 0.1) is 0 Å². The van der Waals surface area contributed by atoms with Gasteiger partial charge in [-0.05, 0) is 0 Å². The summed E-state index contributed by atoms with van der Waals surface area (Å²) in [6.07, 6.45) is 0.731. The van der Waals surface area contributed by atoms with Gasteiger partial charge in [0.25, 0.3) is 0 Å². The minimum atomic E-state index is -0.919. The fourth-order valence-electron chi connectivity index (χ4n) is 4.35. The summed E-state index contributed by atoms with van der Waals surface area (Å²) in [6.45, 7) is 0. The number of rotatable bonds is 12. The molecular weight excluding hydrogens is 650 g/mol. The topological polar surface area (TPSA) is 145 Å². The van der Waals surface area contributed by atoms with Gasteiger partial charge in [-0.1, -0.05) is 0 Å². The Balaban J connectivity index is 2.02. The zero-order valence-electron chi connectivity index (χ0n) is 22.5. The number of nitrogens with one attached hydrogen (secondary N) is 2. The van der Waals surface area contributed by atoms with Crippen LogP contribution in [0.5, 0.6) is 0 Å². The predicted octanol–water partition coefficient (Wildman–Crippen LogP) is 2.13. The molecule has 2 aromatic carbocycles. The molecule has 0 radical (unpaired) electrons. The fourth-order valence-corrected chi connectivity index (χ4v) is 6.32. The van der Waals surface area contributed by atoms with Crippen LogP contribution in [-0.4, -0.2) is 91.5 Å². The van der Waals surface area contributed by atoms with Crippen LogP contribution in [0.4, 0.5) is 0 Å². The summed E-state index contributed by atoms with van der Waals surface area (Å²) in [5, 5.41) is 6.70. The van der Waals surface area contributed by atoms with Gasteiger partial charge in [0, 0.05) is 0 Å². The van der Waals surface area contributed by atoms with E-state index in [4.69, 9.17) is 9.47 Å². The summed E-state index contributed by atoms with van der Waals surface area (Å²) in [5.41, 5.74) is -0.451. The number of amides is 2. The van der Waals surface area contributed by atoms with E-state index in [1.807, 2.05) is 11.6 Å². The molecule has 0 saturated heterocycles. The van der Waals surface area contributed by atoms with Gasteiger partial charge in [0.2, 0.25) is 0 Å². The second-order valence-corrected chi connectivity index (χ2v) is 12.9. The van der Waals surface area contributed by atoms with Crippen molar-refractivity contribution < 1.29 is 38.2 Å². The average Bonchev–Trinajstić information content (AvgIpc) is 2.98. The maximum atomic E-state index is 13.9. The standard InChI is InChI=1S/C28H30N2O8Se2/c1-37-27(35)19(11-13-39-3)29-25(33)17-9-5-7-15-21(17)24(32)22-16(23(15)31)8-6-10-18(22)26(34)30-20(12-14-40-4)28(36)38-2/h5-10,19-20H,11-14H2,1-4H3,(H,29,33)(H,30,34)/t19-,20-/m0/s1. The molecule has 12 heteroatoms. The summed E-state index contributed by atoms with van der Waals surface area (Å²) in [7, 11) is 2.45. The van der Waals surface area contributed by atoms with E-state index in [2.05, 4.69) is 10.6 Å². The van der Waals surface area contributed by atoms with Gasteiger partial charge >= 0.3 is 245 Å². The van der Waals surface area contributed by atoms with E-state index in [0.717, 1.165) is 10.6 Å². The van der Waals surface area contributed by atoms with Gasteiger partial charge in [0.15, 0.2) is 0 Å². The molecule has 40 heavy (non-hydrogen) atoms. The van der Waals surface area contributed by atoms with Crippen molar-refractivity contribution >= 4 is 65.2 Å². The third-order valence-corrected chi connectivity index (χ3v) is 9.07. The SMILES string of the molecule is COC(=O)[C@H](CC[Se]C)NC(=O)c1cccc2c1C(=O)c1c(C(=O)N[C@@H](CC[Se]C)C(=O)OC)cccc1C2=O. The Kier molecular flexibility index (Phi) is 11.2. The van der Waals surface area contributed by atoms with E-state index in [-0.39, 0.29) is 63.3 Å². The molecule has 0 fully saturated rings. The molecule has 1 aliphatic rings. The number of esters is 2. The molecule has 0 unspecified atom stereocenters. The summed E-state index contributed by atoms with van der Waals surface area (Å²) >= 11 is 0.520. The first kappa shape index (κ1) is 31.2. The van der Waals surface area contributed by atoms with Gasteiger partial charge in [-0.15, -0.1) is 0 Å². The van der Waals surface area contributed by atoms with Crippen LogP contribution in [0.25, 0.3) is 0 Å². The summed E-state index contributed by atoms with van der Waals surface area (Å²) in [5.74, 6) is 0.152. The fraction of sp³-hybridized carbons (Fsp3) is 0.357. The number of benzene rings is 2. The number of ether oxygens (including phenoxy) is 2. The molecule has 2 amide bonds. The van der Waals surface area contributed by atoms with E-state index < -0.39 is 47.4 Å². The van der Waals surface area contributed by atoms with Gasteiger partial charge in [-0.3, -0.25) is 0 Å². The third-order valence-electron chi connectivity index (χ3n) is 6.36. The van der Waals surface area contributed by atoms with E-state index in [9.17, 15) is 28.8 Å². The predicted molar refractivity (Wildman–Crippen MR) is 148 cm³/mol. The molecule has 0 heterocycles. The van der Waals surface area contributed by atoms with Crippen molar-refractivity contribution in [1.82, 2.24) is 10.6 Å². The Morgan fingerprint density at radius 1 is 0.700 bits per heavy atom. The zero-order valence-corrected chi connectivity index (χ0v) is 26.0. The normalized spacial score (nSPS) is 13.4. The van der Waals surface area contributed by atoms with Crippen molar-refractivity contribution in [1.29, 1.82) is 0 Å². The van der Waals surface area contributed by atoms with Crippen molar-refractivity contribution in [3.8, 4) is 0 Å². The number of hydrogen-bond acceptors (Lipinski definition) is 8. The molecule has 3 rings (SSSR count). The third kappa shape index (κ3) is 6.70. The minimum absolute atomic E-state index is 0.0202. The molecule has 0 aliphatic heterocycles. The molecule has 0 spiro atoms. The van der Waals surface area contributed by atoms with Crippen molar-refractivity contribution in [2.75, 3.05) is 14.2 Å². The molecule has 212 valence electrons. The van der Waals surface area contributed by atoms with Crippen LogP contribution < -0.4 is 10.6 Å². The van der Waals surface area contributed by atoms with E-state index in [0.29, 0.717) is 12.8 Å². The Morgan fingerprint density at radius 3 is 1.45 bits per heavy atom. The molecule has 2 atom stereocenters. The molecule has 2 N–H and O–H groups in total. The van der Waals surface area contributed by atoms with Crippen molar-refractivity contribution in [2.45, 2.75) is 47.2 Å². The van der Waals surface area contributed by atoms with E-state index in [1.165, 1.54) is 50.6 Å². The van der Waals surface area contributed by atoms with Crippen LogP contribution >= 0.6 is 0 Å². The van der Waals surface area contributed by atoms with Crippen LogP contribution in [0.15, 0.2) is 36.4 Å². The van der Waals surface area contributed by atoms with Crippen molar-refractivity contribution in [2.24, 2.45) is 0 Å². The average molecular weight is 680 g/mol. The van der Waals surface area contributed by atoms with Gasteiger partial charge in [-0.25, -0.2) is 0 Å². The molecule has 0 bridgehead atoms. The Morgan fingerprint density at radius 2 is 1.10 bits per heavy atom. The second-order valence-electron chi connectivity index (χ2n) is 8.78. The van der Waals surface area contributed by atoms with Gasteiger partial charge in [0.05, 0.1) is 0 Å². The Bertz CT molecular complexity index is 1250. The summed E-state index contributed by atoms with van der Waals surface area (Å²) in [6, 6.07) is 6.81. The number of carbonyl (C=O) groups excluding carboxylic acids is 6. The number of ketones is 2. The summed E-state index contributed by atoms with van der Waals surface area (Å²) < 4.78 is 9.64. The quantitative estimate of drug-likeness (QED) is 0.219. The molecule has 1 aliphatic carbocycles. The second kappa shape index (κ2) is 14.4. The number of fused-ring (bicyclic) bond motifs is 2. The monoisotopic (exact) mass is 682 g/mol. The van der Waals surface area contributed by atoms with Crippen LogP contribution in [0.1, 0.15) is 65.4 Å². The Labute approximate surface area is 244 Å². The first-order chi connectivity index (χ1) is 19.2. The van der Waals surface area contributed by atoms with Gasteiger partial charge in [0.1, 0.15) is 0 Å². The van der Waals surface area contributed by atoms with Gasteiger partial charge in [-0.2, -0.15) is 0 Å². The number of methoxy groups -OCH3 is 2. The molecule has 2 aromatic rings.